The monoisotopic (exact) mass is 458 g/mol. The summed E-state index contributed by atoms with van der Waals surface area (Å²) < 4.78 is 29.9. The summed E-state index contributed by atoms with van der Waals surface area (Å²) in [7, 11) is -3.60. The predicted octanol–water partition coefficient (Wildman–Crippen LogP) is 7.41. The van der Waals surface area contributed by atoms with Crippen LogP contribution in [0.4, 0.5) is 0 Å². The van der Waals surface area contributed by atoms with Gasteiger partial charge in [-0.05, 0) is 6.42 Å². The van der Waals surface area contributed by atoms with E-state index in [1.165, 1.54) is 126 Å². The standard InChI is InChI=1S/C25H50N2O3S/c1-2-3-4-5-6-7-8-9-10-11-12-13-14-15-16-17-18-19-20-21-24-30-31(28,29)27-23-22-26-25-27/h25H,2-24H2,1H3. The Bertz CT molecular complexity index is 523. The number of rotatable bonds is 23. The third-order valence-electron chi connectivity index (χ3n) is 6.18. The van der Waals surface area contributed by atoms with Crippen molar-refractivity contribution in [2.24, 2.45) is 4.99 Å². The van der Waals surface area contributed by atoms with Crippen molar-refractivity contribution in [3.8, 4) is 0 Å². The van der Waals surface area contributed by atoms with Gasteiger partial charge in [0, 0.05) is 0 Å². The summed E-state index contributed by atoms with van der Waals surface area (Å²) in [5, 5.41) is 0. The number of unbranched alkanes of at least 4 members (excludes halogenated alkanes) is 19. The van der Waals surface area contributed by atoms with Crippen molar-refractivity contribution >= 4 is 16.6 Å². The van der Waals surface area contributed by atoms with E-state index in [1.807, 2.05) is 0 Å². The normalized spacial score (nSPS) is 14.0. The molecular weight excluding hydrogens is 408 g/mol. The molecule has 0 saturated heterocycles. The van der Waals surface area contributed by atoms with Crippen LogP contribution in [0.5, 0.6) is 0 Å². The molecule has 0 aliphatic carbocycles. The molecule has 0 radical (unpaired) electrons. The van der Waals surface area contributed by atoms with Crippen LogP contribution in [0.2, 0.25) is 0 Å². The van der Waals surface area contributed by atoms with Crippen molar-refractivity contribution in [3.05, 3.63) is 0 Å². The quantitative estimate of drug-likeness (QED) is 0.150. The van der Waals surface area contributed by atoms with Crippen molar-refractivity contribution in [2.75, 3.05) is 19.7 Å². The first-order valence-electron chi connectivity index (χ1n) is 13.3. The van der Waals surface area contributed by atoms with Gasteiger partial charge in [0.1, 0.15) is 6.34 Å². The molecule has 0 aromatic rings. The summed E-state index contributed by atoms with van der Waals surface area (Å²) in [6.07, 6.45) is 28.2. The molecule has 0 fully saturated rings. The second-order valence-corrected chi connectivity index (χ2v) is 10.7. The van der Waals surface area contributed by atoms with Gasteiger partial charge in [-0.3, -0.25) is 9.18 Å². The molecule has 0 N–H and O–H groups in total. The van der Waals surface area contributed by atoms with Crippen LogP contribution >= 0.6 is 0 Å². The summed E-state index contributed by atoms with van der Waals surface area (Å²) in [5.41, 5.74) is 0. The first-order chi connectivity index (χ1) is 15.2. The van der Waals surface area contributed by atoms with Crippen LogP contribution in [0, 0.1) is 0 Å². The van der Waals surface area contributed by atoms with E-state index < -0.39 is 10.3 Å². The molecule has 6 heteroatoms. The predicted molar refractivity (Wildman–Crippen MR) is 133 cm³/mol. The maximum atomic E-state index is 11.8. The fraction of sp³-hybridized carbons (Fsp3) is 0.960. The van der Waals surface area contributed by atoms with Crippen LogP contribution in [0.25, 0.3) is 0 Å². The van der Waals surface area contributed by atoms with Gasteiger partial charge in [0.15, 0.2) is 0 Å². The van der Waals surface area contributed by atoms with Crippen LogP contribution in [-0.4, -0.2) is 38.8 Å². The van der Waals surface area contributed by atoms with Gasteiger partial charge in [0.2, 0.25) is 0 Å². The van der Waals surface area contributed by atoms with Crippen molar-refractivity contribution in [1.82, 2.24) is 4.31 Å². The summed E-state index contributed by atoms with van der Waals surface area (Å²) in [4.78, 5) is 3.91. The van der Waals surface area contributed by atoms with Crippen LogP contribution < -0.4 is 0 Å². The first-order valence-corrected chi connectivity index (χ1v) is 14.7. The molecule has 0 amide bonds. The van der Waals surface area contributed by atoms with E-state index in [2.05, 4.69) is 11.9 Å². The molecule has 0 aromatic carbocycles. The summed E-state index contributed by atoms with van der Waals surface area (Å²) in [6, 6.07) is 0. The summed E-state index contributed by atoms with van der Waals surface area (Å²) >= 11 is 0. The highest BCUT2D eigenvalue weighted by Crippen LogP contribution is 2.15. The van der Waals surface area contributed by atoms with E-state index in [9.17, 15) is 8.42 Å². The molecule has 0 saturated carbocycles. The number of aliphatic imine (C=N–C) groups is 1. The minimum atomic E-state index is -3.60. The Balaban J connectivity index is 1.71. The van der Waals surface area contributed by atoms with Gasteiger partial charge in [-0.2, -0.15) is 8.42 Å². The topological polar surface area (TPSA) is 59.0 Å². The average molecular weight is 459 g/mol. The van der Waals surface area contributed by atoms with Gasteiger partial charge in [0.25, 0.3) is 0 Å². The number of hydrogen-bond acceptors (Lipinski definition) is 4. The van der Waals surface area contributed by atoms with Gasteiger partial charge in [-0.25, -0.2) is 4.31 Å². The maximum Gasteiger partial charge on any atom is 0.363 e. The molecule has 31 heavy (non-hydrogen) atoms. The number of nitrogens with zero attached hydrogens (tertiary/aromatic N) is 2. The highest BCUT2D eigenvalue weighted by atomic mass is 32.2. The van der Waals surface area contributed by atoms with Gasteiger partial charge >= 0.3 is 10.3 Å². The van der Waals surface area contributed by atoms with Crippen molar-refractivity contribution < 1.29 is 12.6 Å². The summed E-state index contributed by atoms with van der Waals surface area (Å²) in [6.45, 7) is 3.50. The largest absolute Gasteiger partial charge is 0.363 e. The second-order valence-electron chi connectivity index (χ2n) is 9.13. The Kier molecular flexibility index (Phi) is 18.3. The zero-order chi connectivity index (χ0) is 22.5. The average Bonchev–Trinajstić information content (AvgIpc) is 3.31. The molecule has 1 aliphatic heterocycles. The molecule has 5 nitrogen and oxygen atoms in total. The third-order valence-corrected chi connectivity index (χ3v) is 7.49. The van der Waals surface area contributed by atoms with E-state index in [4.69, 9.17) is 4.18 Å². The molecule has 1 aliphatic rings. The van der Waals surface area contributed by atoms with Gasteiger partial charge < -0.3 is 0 Å². The Morgan fingerprint density at radius 2 is 1.06 bits per heavy atom. The molecule has 0 unspecified atom stereocenters. The smallest absolute Gasteiger partial charge is 0.273 e. The Hall–Kier alpha value is -0.620. The lowest BCUT2D eigenvalue weighted by molar-refractivity contribution is 0.286. The zero-order valence-corrected chi connectivity index (χ0v) is 21.2. The lowest BCUT2D eigenvalue weighted by atomic mass is 10.0. The molecule has 0 atom stereocenters. The Morgan fingerprint density at radius 1 is 0.677 bits per heavy atom. The first kappa shape index (κ1) is 28.4. The number of hydrogen-bond donors (Lipinski definition) is 0. The fourth-order valence-electron chi connectivity index (χ4n) is 4.12. The van der Waals surface area contributed by atoms with Crippen LogP contribution in [0.15, 0.2) is 4.99 Å². The second kappa shape index (κ2) is 20.0. The van der Waals surface area contributed by atoms with E-state index in [1.54, 1.807) is 0 Å². The molecule has 0 aromatic heterocycles. The van der Waals surface area contributed by atoms with Crippen molar-refractivity contribution in [2.45, 2.75) is 135 Å². The van der Waals surface area contributed by atoms with Crippen LogP contribution in [0.1, 0.15) is 135 Å². The van der Waals surface area contributed by atoms with Gasteiger partial charge in [-0.1, -0.05) is 129 Å². The Labute approximate surface area is 193 Å². The highest BCUT2D eigenvalue weighted by Gasteiger charge is 2.21. The minimum Gasteiger partial charge on any atom is -0.273 e. The van der Waals surface area contributed by atoms with Crippen molar-refractivity contribution in [3.63, 3.8) is 0 Å². The van der Waals surface area contributed by atoms with Gasteiger partial charge in [-0.15, -0.1) is 0 Å². The lowest BCUT2D eigenvalue weighted by Gasteiger charge is -2.13. The van der Waals surface area contributed by atoms with Crippen LogP contribution in [0.3, 0.4) is 0 Å². The molecule has 0 bridgehead atoms. The lowest BCUT2D eigenvalue weighted by Crippen LogP contribution is -2.30. The van der Waals surface area contributed by atoms with Gasteiger partial charge in [0.05, 0.1) is 19.7 Å². The SMILES string of the molecule is CCCCCCCCCCCCCCCCCCCCCCOS(=O)(=O)N1C=NCC1. The van der Waals surface area contributed by atoms with Crippen LogP contribution in [-0.2, 0) is 14.5 Å². The zero-order valence-electron chi connectivity index (χ0n) is 20.4. The molecule has 1 rings (SSSR count). The Morgan fingerprint density at radius 3 is 1.42 bits per heavy atom. The van der Waals surface area contributed by atoms with E-state index >= 15 is 0 Å². The molecular formula is C25H50N2O3S. The molecule has 184 valence electrons. The van der Waals surface area contributed by atoms with E-state index in [-0.39, 0.29) is 6.61 Å². The van der Waals surface area contributed by atoms with Crippen molar-refractivity contribution in [1.29, 1.82) is 0 Å². The maximum absolute atomic E-state index is 11.8. The molecule has 0 spiro atoms. The van der Waals surface area contributed by atoms with E-state index in [0.717, 1.165) is 12.8 Å². The fourth-order valence-corrected chi connectivity index (χ4v) is 5.07. The summed E-state index contributed by atoms with van der Waals surface area (Å²) in [5.74, 6) is 0. The highest BCUT2D eigenvalue weighted by molar-refractivity contribution is 7.84. The van der Waals surface area contributed by atoms with E-state index in [0.29, 0.717) is 13.1 Å². The third kappa shape index (κ3) is 16.6. The minimum absolute atomic E-state index is 0.283. The molecule has 1 heterocycles.